The van der Waals surface area contributed by atoms with E-state index in [9.17, 15) is 0 Å². The van der Waals surface area contributed by atoms with E-state index in [0.717, 1.165) is 45.3 Å². The van der Waals surface area contributed by atoms with E-state index in [-0.39, 0.29) is 0 Å². The molecule has 0 amide bonds. The van der Waals surface area contributed by atoms with Crippen molar-refractivity contribution in [2.75, 3.05) is 4.90 Å². The highest BCUT2D eigenvalue weighted by molar-refractivity contribution is 6.14. The molecule has 0 saturated carbocycles. The predicted molar refractivity (Wildman–Crippen MR) is 246 cm³/mol. The molecule has 11 aromatic rings. The summed E-state index contributed by atoms with van der Waals surface area (Å²) in [6.07, 6.45) is 4.02. The van der Waals surface area contributed by atoms with E-state index < -0.39 is 0 Å². The molecule has 4 nitrogen and oxygen atoms in total. The number of hydrogen-bond acceptors (Lipinski definition) is 2. The maximum atomic E-state index is 4.58. The quantitative estimate of drug-likeness (QED) is 0.154. The van der Waals surface area contributed by atoms with E-state index in [1.54, 1.807) is 0 Å². The third-order valence-corrected chi connectivity index (χ3v) is 11.4. The van der Waals surface area contributed by atoms with Gasteiger partial charge in [-0.3, -0.25) is 4.98 Å². The van der Waals surface area contributed by atoms with Gasteiger partial charge in [-0.05, 0) is 125 Å². The molecule has 0 aliphatic carbocycles. The van der Waals surface area contributed by atoms with Crippen molar-refractivity contribution in [2.24, 2.45) is 0 Å². The van der Waals surface area contributed by atoms with Crippen LogP contribution in [0.1, 0.15) is 0 Å². The van der Waals surface area contributed by atoms with E-state index in [0.29, 0.717) is 0 Å². The first-order valence-electron chi connectivity index (χ1n) is 20.0. The summed E-state index contributed by atoms with van der Waals surface area (Å²) in [6.45, 7) is 0. The summed E-state index contributed by atoms with van der Waals surface area (Å²) in [7, 11) is 0. The van der Waals surface area contributed by atoms with E-state index in [1.807, 2.05) is 24.4 Å². The van der Waals surface area contributed by atoms with E-state index in [1.165, 1.54) is 49.4 Å². The van der Waals surface area contributed by atoms with Gasteiger partial charge in [0.25, 0.3) is 0 Å². The number of benzene rings is 8. The van der Waals surface area contributed by atoms with Gasteiger partial charge in [0.15, 0.2) is 0 Å². The predicted octanol–water partition coefficient (Wildman–Crippen LogP) is 14.6. The summed E-state index contributed by atoms with van der Waals surface area (Å²) >= 11 is 0. The highest BCUT2D eigenvalue weighted by atomic mass is 15.1. The van der Waals surface area contributed by atoms with Gasteiger partial charge >= 0.3 is 0 Å². The first-order valence-corrected chi connectivity index (χ1v) is 20.0. The summed E-state index contributed by atoms with van der Waals surface area (Å²) in [6, 6.07) is 78.2. The van der Waals surface area contributed by atoms with Crippen molar-refractivity contribution in [3.63, 3.8) is 0 Å². The van der Waals surface area contributed by atoms with Gasteiger partial charge in [-0.1, -0.05) is 115 Å². The van der Waals surface area contributed by atoms with Crippen molar-refractivity contribution < 1.29 is 0 Å². The maximum absolute atomic E-state index is 4.58. The Morgan fingerprint density at radius 2 is 0.881 bits per heavy atom. The number of pyridine rings is 1. The summed E-state index contributed by atoms with van der Waals surface area (Å²) in [5.41, 5.74) is 15.9. The number of rotatable bonds is 8. The van der Waals surface area contributed by atoms with Crippen LogP contribution in [0.25, 0.3) is 77.6 Å². The Hall–Kier alpha value is -7.95. The lowest BCUT2D eigenvalue weighted by Crippen LogP contribution is -2.09. The normalized spacial score (nSPS) is 11.4. The first kappa shape index (κ1) is 34.3. The molecule has 0 fully saturated rings. The molecule has 0 saturated heterocycles. The van der Waals surface area contributed by atoms with Crippen molar-refractivity contribution in [1.29, 1.82) is 0 Å². The lowest BCUT2D eigenvalue weighted by Gasteiger charge is -2.26. The average molecular weight is 755 g/mol. The van der Waals surface area contributed by atoms with Crippen LogP contribution in [0.5, 0.6) is 0 Å². The Labute approximate surface area is 343 Å². The van der Waals surface area contributed by atoms with Gasteiger partial charge in [-0.25, -0.2) is 0 Å². The minimum atomic E-state index is 0.959. The Morgan fingerprint density at radius 3 is 1.51 bits per heavy atom. The van der Waals surface area contributed by atoms with Gasteiger partial charge in [0.2, 0.25) is 0 Å². The average Bonchev–Trinajstić information content (AvgIpc) is 3.88. The maximum Gasteiger partial charge on any atom is 0.0701 e. The van der Waals surface area contributed by atoms with Crippen molar-refractivity contribution in [3.05, 3.63) is 231 Å². The topological polar surface area (TPSA) is 26.0 Å². The number of fused-ring (bicyclic) bond motifs is 4. The molecule has 0 aliphatic rings. The van der Waals surface area contributed by atoms with Crippen molar-refractivity contribution >= 4 is 49.8 Å². The summed E-state index contributed by atoms with van der Waals surface area (Å²) in [4.78, 5) is 6.90. The fourth-order valence-corrected chi connectivity index (χ4v) is 8.50. The first-order chi connectivity index (χ1) is 29.2. The number of hydrogen-bond donors (Lipinski definition) is 0. The highest BCUT2D eigenvalue weighted by Gasteiger charge is 2.18. The number of nitrogens with zero attached hydrogens (tertiary/aromatic N) is 4. The second-order valence-corrected chi connectivity index (χ2v) is 14.9. The zero-order chi connectivity index (χ0) is 39.1. The molecule has 59 heavy (non-hydrogen) atoms. The van der Waals surface area contributed by atoms with Crippen LogP contribution >= 0.6 is 0 Å². The second kappa shape index (κ2) is 14.5. The van der Waals surface area contributed by atoms with Gasteiger partial charge in [0.1, 0.15) is 0 Å². The fourth-order valence-electron chi connectivity index (χ4n) is 8.50. The van der Waals surface area contributed by atoms with Gasteiger partial charge < -0.3 is 14.0 Å². The Bertz CT molecular complexity index is 3120. The monoisotopic (exact) mass is 754 g/mol. The van der Waals surface area contributed by atoms with Crippen LogP contribution in [0.15, 0.2) is 231 Å². The number of aromatic nitrogens is 3. The molecule has 278 valence electrons. The molecule has 0 aliphatic heterocycles. The zero-order valence-corrected chi connectivity index (χ0v) is 32.2. The molecule has 0 N–H and O–H groups in total. The molecule has 3 heterocycles. The van der Waals surface area contributed by atoms with Crippen LogP contribution in [-0.4, -0.2) is 14.1 Å². The molecule has 0 atom stereocenters. The Kier molecular flexibility index (Phi) is 8.45. The standard InChI is InChI=1S/C55H38N4/c1-4-12-39(13-5-1)40-19-26-47(27-20-40)58(49-30-23-42(24-31-49)52-18-10-11-34-56-52)48-28-21-41(22-29-48)43-25-32-53-50(36-43)51-37-44-33-35-57(45-14-6-2-7-15-45)54(44)38-55(51)59(53)46-16-8-3-9-17-46/h1-38H. The zero-order valence-electron chi connectivity index (χ0n) is 32.2. The van der Waals surface area contributed by atoms with Crippen molar-refractivity contribution in [2.45, 2.75) is 0 Å². The summed E-state index contributed by atoms with van der Waals surface area (Å²) in [5, 5.41) is 3.68. The molecular formula is C55H38N4. The van der Waals surface area contributed by atoms with Crippen molar-refractivity contribution in [3.8, 4) is 44.9 Å². The lowest BCUT2D eigenvalue weighted by molar-refractivity contribution is 1.12. The van der Waals surface area contributed by atoms with E-state index in [4.69, 9.17) is 0 Å². The largest absolute Gasteiger partial charge is 0.316 e. The van der Waals surface area contributed by atoms with E-state index >= 15 is 0 Å². The van der Waals surface area contributed by atoms with Crippen LogP contribution < -0.4 is 4.90 Å². The molecule has 11 rings (SSSR count). The summed E-state index contributed by atoms with van der Waals surface area (Å²) in [5.74, 6) is 0. The Morgan fingerprint density at radius 1 is 0.356 bits per heavy atom. The van der Waals surface area contributed by atoms with Gasteiger partial charge in [-0.15, -0.1) is 0 Å². The third-order valence-electron chi connectivity index (χ3n) is 11.4. The molecule has 4 heteroatoms. The van der Waals surface area contributed by atoms with Crippen LogP contribution in [0, 0.1) is 0 Å². The molecule has 0 bridgehead atoms. The lowest BCUT2D eigenvalue weighted by atomic mass is 10.0. The van der Waals surface area contributed by atoms with Gasteiger partial charge in [-0.2, -0.15) is 0 Å². The van der Waals surface area contributed by atoms with Crippen LogP contribution in [0.4, 0.5) is 17.1 Å². The smallest absolute Gasteiger partial charge is 0.0701 e. The third kappa shape index (κ3) is 6.24. The SMILES string of the molecule is c1ccc(-c2ccc(N(c3ccc(-c4ccc5c(c4)c4cc6ccn(-c7ccccc7)c6cc4n5-c4ccccc4)cc3)c3ccc(-c4ccccn4)cc3)cc2)cc1. The Balaban J connectivity index is 1.00. The molecule has 0 unspecified atom stereocenters. The van der Waals surface area contributed by atoms with Crippen LogP contribution in [0.3, 0.4) is 0 Å². The molecule has 8 aromatic carbocycles. The van der Waals surface area contributed by atoms with Gasteiger partial charge in [0, 0.05) is 62.6 Å². The van der Waals surface area contributed by atoms with Gasteiger partial charge in [0.05, 0.1) is 22.2 Å². The van der Waals surface area contributed by atoms with Crippen molar-refractivity contribution in [1.82, 2.24) is 14.1 Å². The summed E-state index contributed by atoms with van der Waals surface area (Å²) < 4.78 is 4.68. The number of para-hydroxylation sites is 2. The molecular weight excluding hydrogens is 717 g/mol. The second-order valence-electron chi connectivity index (χ2n) is 14.9. The minimum absolute atomic E-state index is 0.959. The van der Waals surface area contributed by atoms with Crippen LogP contribution in [0.2, 0.25) is 0 Å². The molecule has 3 aromatic heterocycles. The molecule has 0 spiro atoms. The number of anilines is 3. The van der Waals surface area contributed by atoms with E-state index in [2.05, 4.69) is 225 Å². The molecule has 0 radical (unpaired) electrons. The minimum Gasteiger partial charge on any atom is -0.316 e. The fraction of sp³-hybridized carbons (Fsp3) is 0. The highest BCUT2D eigenvalue weighted by Crippen LogP contribution is 2.40. The van der Waals surface area contributed by atoms with Crippen LogP contribution in [-0.2, 0) is 0 Å².